The Morgan fingerprint density at radius 1 is 1.20 bits per heavy atom. The minimum Gasteiger partial charge on any atom is -0.447 e. The van der Waals surface area contributed by atoms with Gasteiger partial charge in [-0.2, -0.15) is 0 Å². The van der Waals surface area contributed by atoms with Crippen molar-refractivity contribution in [3.63, 3.8) is 0 Å². The average molecular weight is 279 g/mol. The first-order chi connectivity index (χ1) is 9.67. The molecule has 1 atom stereocenters. The van der Waals surface area contributed by atoms with E-state index in [1.165, 1.54) is 12.8 Å². The monoisotopic (exact) mass is 279 g/mol. The van der Waals surface area contributed by atoms with Gasteiger partial charge in [-0.1, -0.05) is 77.8 Å². The molecule has 3 nitrogen and oxygen atoms in total. The molecule has 1 aromatic rings. The number of ether oxygens (including phenoxy) is 1. The van der Waals surface area contributed by atoms with Crippen LogP contribution in [0.25, 0.3) is 0 Å². The van der Waals surface area contributed by atoms with Gasteiger partial charge in [-0.3, -0.25) is 0 Å². The lowest BCUT2D eigenvalue weighted by Crippen LogP contribution is -2.17. The third-order valence-corrected chi connectivity index (χ3v) is 3.27. The van der Waals surface area contributed by atoms with Crippen LogP contribution < -0.4 is 5.32 Å². The van der Waals surface area contributed by atoms with Crippen molar-refractivity contribution in [2.75, 3.05) is 6.61 Å². The molecular weight excluding hydrogens is 250 g/mol. The summed E-state index contributed by atoms with van der Waals surface area (Å²) >= 11 is 0. The molecule has 1 heterocycles. The van der Waals surface area contributed by atoms with E-state index in [9.17, 15) is 4.79 Å². The van der Waals surface area contributed by atoms with Crippen molar-refractivity contribution in [2.45, 2.75) is 53.5 Å². The fourth-order valence-corrected chi connectivity index (χ4v) is 1.54. The molecule has 0 aliphatic carbocycles. The van der Waals surface area contributed by atoms with Crippen LogP contribution in [0.4, 0.5) is 4.79 Å². The smallest absolute Gasteiger partial charge is 0.407 e. The van der Waals surface area contributed by atoms with Gasteiger partial charge in [0, 0.05) is 0 Å². The zero-order valence-corrected chi connectivity index (χ0v) is 13.5. The van der Waals surface area contributed by atoms with Gasteiger partial charge in [0.05, 0.1) is 6.04 Å². The number of hydrogen-bond acceptors (Lipinski definition) is 2. The fourth-order valence-electron chi connectivity index (χ4n) is 1.54. The number of carbonyl (C=O) groups excluding carboxylic acids is 1. The fraction of sp³-hybridized carbons (Fsp3) is 0.588. The molecule has 1 aliphatic rings. The highest BCUT2D eigenvalue weighted by Gasteiger charge is 2.22. The van der Waals surface area contributed by atoms with Gasteiger partial charge in [-0.25, -0.2) is 4.79 Å². The summed E-state index contributed by atoms with van der Waals surface area (Å²) in [5.41, 5.74) is 1.09. The summed E-state index contributed by atoms with van der Waals surface area (Å²) in [4.78, 5) is 10.7. The zero-order chi connectivity index (χ0) is 15.4. The van der Waals surface area contributed by atoms with E-state index in [1.54, 1.807) is 0 Å². The molecule has 0 bridgehead atoms. The van der Waals surface area contributed by atoms with Gasteiger partial charge in [0.2, 0.25) is 0 Å². The first kappa shape index (κ1) is 18.5. The number of amides is 1. The maximum absolute atomic E-state index is 10.7. The topological polar surface area (TPSA) is 38.3 Å². The van der Waals surface area contributed by atoms with E-state index in [-0.39, 0.29) is 12.1 Å². The second-order valence-corrected chi connectivity index (χ2v) is 4.63. The van der Waals surface area contributed by atoms with Crippen molar-refractivity contribution in [2.24, 2.45) is 5.92 Å². The number of alkyl carbamates (subject to hydrolysis) is 1. The van der Waals surface area contributed by atoms with Crippen molar-refractivity contribution in [3.8, 4) is 0 Å². The molecule has 1 fully saturated rings. The molecule has 20 heavy (non-hydrogen) atoms. The Labute approximate surface area is 123 Å². The minimum absolute atomic E-state index is 0.0266. The van der Waals surface area contributed by atoms with Crippen molar-refractivity contribution in [1.82, 2.24) is 5.32 Å². The molecule has 0 radical (unpaired) electrons. The Kier molecular flexibility index (Phi) is 10.5. The maximum atomic E-state index is 10.7. The van der Waals surface area contributed by atoms with E-state index in [0.717, 1.165) is 11.5 Å². The number of nitrogens with one attached hydrogen (secondary N) is 1. The Morgan fingerprint density at radius 2 is 1.75 bits per heavy atom. The van der Waals surface area contributed by atoms with Crippen LogP contribution in [0.3, 0.4) is 0 Å². The molecule has 0 saturated carbocycles. The van der Waals surface area contributed by atoms with E-state index >= 15 is 0 Å². The number of carbonyl (C=O) groups is 1. The molecule has 0 unspecified atom stereocenters. The predicted molar refractivity (Wildman–Crippen MR) is 84.8 cm³/mol. The van der Waals surface area contributed by atoms with Gasteiger partial charge in [0.25, 0.3) is 0 Å². The average Bonchev–Trinajstić information content (AvgIpc) is 2.96. The number of rotatable bonds is 3. The maximum Gasteiger partial charge on any atom is 0.407 e. The summed E-state index contributed by atoms with van der Waals surface area (Å²) in [6.45, 7) is 11.2. The summed E-state index contributed by atoms with van der Waals surface area (Å²) < 4.78 is 4.77. The predicted octanol–water partition coefficient (Wildman–Crippen LogP) is 4.94. The van der Waals surface area contributed by atoms with Crippen molar-refractivity contribution >= 4 is 6.09 Å². The number of benzene rings is 1. The van der Waals surface area contributed by atoms with Crippen molar-refractivity contribution < 1.29 is 9.53 Å². The molecule has 2 rings (SSSR count). The van der Waals surface area contributed by atoms with Crippen LogP contribution in [0, 0.1) is 5.92 Å². The zero-order valence-electron chi connectivity index (χ0n) is 13.5. The molecule has 1 aromatic carbocycles. The Morgan fingerprint density at radius 3 is 2.10 bits per heavy atom. The van der Waals surface area contributed by atoms with Gasteiger partial charge in [-0.05, 0) is 11.5 Å². The molecule has 3 heteroatoms. The lowest BCUT2D eigenvalue weighted by Gasteiger charge is -2.05. The Bertz CT molecular complexity index is 347. The molecule has 0 spiro atoms. The van der Waals surface area contributed by atoms with Gasteiger partial charge >= 0.3 is 6.09 Å². The SMILES string of the molecule is CC.CCC(C)CC.O=C1N[C@@H](c2ccccc2)CO1. The van der Waals surface area contributed by atoms with Crippen molar-refractivity contribution in [3.05, 3.63) is 35.9 Å². The van der Waals surface area contributed by atoms with Crippen LogP contribution in [-0.4, -0.2) is 12.7 Å². The van der Waals surface area contributed by atoms with Gasteiger partial charge in [-0.15, -0.1) is 0 Å². The van der Waals surface area contributed by atoms with E-state index in [0.29, 0.717) is 6.61 Å². The quantitative estimate of drug-likeness (QED) is 0.851. The number of hydrogen-bond donors (Lipinski definition) is 1. The summed E-state index contributed by atoms with van der Waals surface area (Å²) in [7, 11) is 0. The number of cyclic esters (lactones) is 1. The van der Waals surface area contributed by atoms with Crippen LogP contribution in [0.5, 0.6) is 0 Å². The minimum atomic E-state index is -0.330. The van der Waals surface area contributed by atoms with Crippen molar-refractivity contribution in [1.29, 1.82) is 0 Å². The Hall–Kier alpha value is -1.51. The lowest BCUT2D eigenvalue weighted by molar-refractivity contribution is 0.177. The molecule has 1 aliphatic heterocycles. The van der Waals surface area contributed by atoms with E-state index in [2.05, 4.69) is 26.1 Å². The van der Waals surface area contributed by atoms with E-state index in [1.807, 2.05) is 44.2 Å². The van der Waals surface area contributed by atoms with Crippen LogP contribution >= 0.6 is 0 Å². The summed E-state index contributed by atoms with van der Waals surface area (Å²) in [5, 5.41) is 2.71. The molecule has 0 aromatic heterocycles. The molecule has 1 amide bonds. The van der Waals surface area contributed by atoms with Crippen LogP contribution in [-0.2, 0) is 4.74 Å². The highest BCUT2D eigenvalue weighted by atomic mass is 16.6. The lowest BCUT2D eigenvalue weighted by atomic mass is 10.1. The van der Waals surface area contributed by atoms with E-state index in [4.69, 9.17) is 4.74 Å². The molecule has 1 saturated heterocycles. The van der Waals surface area contributed by atoms with Crippen LogP contribution in [0.1, 0.15) is 59.1 Å². The Balaban J connectivity index is 0.000000387. The largest absolute Gasteiger partial charge is 0.447 e. The standard InChI is InChI=1S/C9H9NO2.C6H14.C2H6/c11-9-10-8(6-12-9)7-4-2-1-3-5-7;1-4-6(3)5-2;1-2/h1-5,8H,6H2,(H,10,11);6H,4-5H2,1-3H3;1-2H3/t8-;;/m1../s1. The normalized spacial score (nSPS) is 16.3. The third-order valence-electron chi connectivity index (χ3n) is 3.27. The summed E-state index contributed by atoms with van der Waals surface area (Å²) in [6, 6.07) is 9.80. The third kappa shape index (κ3) is 7.17. The molecule has 1 N–H and O–H groups in total. The molecule has 114 valence electrons. The summed E-state index contributed by atoms with van der Waals surface area (Å²) in [6.07, 6.45) is 2.33. The van der Waals surface area contributed by atoms with Gasteiger partial charge < -0.3 is 10.1 Å². The highest BCUT2D eigenvalue weighted by molar-refractivity contribution is 5.70. The second kappa shape index (κ2) is 11.3. The van der Waals surface area contributed by atoms with Gasteiger partial charge in [0.1, 0.15) is 6.61 Å². The molecular formula is C17H29NO2. The van der Waals surface area contributed by atoms with Crippen LogP contribution in [0.15, 0.2) is 30.3 Å². The van der Waals surface area contributed by atoms with Gasteiger partial charge in [0.15, 0.2) is 0 Å². The summed E-state index contributed by atoms with van der Waals surface area (Å²) in [5.74, 6) is 0.935. The highest BCUT2D eigenvalue weighted by Crippen LogP contribution is 2.16. The van der Waals surface area contributed by atoms with E-state index < -0.39 is 0 Å². The second-order valence-electron chi connectivity index (χ2n) is 4.63. The first-order valence-electron chi connectivity index (χ1n) is 7.65. The first-order valence-corrected chi connectivity index (χ1v) is 7.65. The van der Waals surface area contributed by atoms with Crippen LogP contribution in [0.2, 0.25) is 0 Å².